The molecule has 0 aliphatic heterocycles. The van der Waals surface area contributed by atoms with E-state index in [4.69, 9.17) is 0 Å². The number of aromatic hydroxyl groups is 3. The summed E-state index contributed by atoms with van der Waals surface area (Å²) < 4.78 is 1.62. The lowest BCUT2D eigenvalue weighted by Gasteiger charge is -2.15. The Hall–Kier alpha value is -3.21. The molecule has 5 heteroatoms. The Morgan fingerprint density at radius 1 is 1.07 bits per heavy atom. The minimum absolute atomic E-state index is 0.0259. The molecule has 0 aliphatic rings. The molecule has 1 heterocycles. The van der Waals surface area contributed by atoms with Crippen LogP contribution in [-0.2, 0) is 13.5 Å². The molecule has 3 N–H and O–H groups in total. The molecule has 29 heavy (non-hydrogen) atoms. The SMILES string of the molecule is CC(C)=CCCC(C)=CCc1c(O)cc2c(c1O)c(=O)c1cccc(O)c1n2C. The first-order valence-corrected chi connectivity index (χ1v) is 9.69. The van der Waals surface area contributed by atoms with Gasteiger partial charge in [-0.3, -0.25) is 4.79 Å². The molecule has 0 fully saturated rings. The van der Waals surface area contributed by atoms with Gasteiger partial charge >= 0.3 is 0 Å². The number of nitrogens with zero attached hydrogens (tertiary/aromatic N) is 1. The topological polar surface area (TPSA) is 82.7 Å². The zero-order valence-electron chi connectivity index (χ0n) is 17.3. The van der Waals surface area contributed by atoms with E-state index < -0.39 is 0 Å². The normalized spacial score (nSPS) is 11.9. The van der Waals surface area contributed by atoms with Crippen molar-refractivity contribution in [3.8, 4) is 17.2 Å². The van der Waals surface area contributed by atoms with Crippen LogP contribution < -0.4 is 5.43 Å². The average molecular weight is 393 g/mol. The molecule has 3 rings (SSSR count). The summed E-state index contributed by atoms with van der Waals surface area (Å²) in [7, 11) is 1.69. The molecular weight excluding hydrogens is 366 g/mol. The molecule has 3 aromatic rings. The van der Waals surface area contributed by atoms with Crippen molar-refractivity contribution in [2.75, 3.05) is 0 Å². The summed E-state index contributed by atoms with van der Waals surface area (Å²) in [5.74, 6) is -0.311. The van der Waals surface area contributed by atoms with Gasteiger partial charge in [0.05, 0.1) is 21.8 Å². The van der Waals surface area contributed by atoms with Crippen LogP contribution in [0.2, 0.25) is 0 Å². The fourth-order valence-corrected chi connectivity index (χ4v) is 3.66. The van der Waals surface area contributed by atoms with Crippen molar-refractivity contribution in [2.24, 2.45) is 7.05 Å². The number of hydrogen-bond donors (Lipinski definition) is 3. The van der Waals surface area contributed by atoms with Crippen LogP contribution in [-0.4, -0.2) is 19.9 Å². The van der Waals surface area contributed by atoms with Gasteiger partial charge < -0.3 is 19.9 Å². The number of pyridine rings is 1. The van der Waals surface area contributed by atoms with Crippen molar-refractivity contribution in [2.45, 2.75) is 40.0 Å². The fraction of sp³-hybridized carbons (Fsp3) is 0.292. The Morgan fingerprint density at radius 2 is 1.79 bits per heavy atom. The van der Waals surface area contributed by atoms with E-state index >= 15 is 0 Å². The quantitative estimate of drug-likeness (QED) is 0.419. The molecule has 0 spiro atoms. The van der Waals surface area contributed by atoms with Crippen molar-refractivity contribution in [1.82, 2.24) is 4.57 Å². The smallest absolute Gasteiger partial charge is 0.201 e. The van der Waals surface area contributed by atoms with E-state index in [0.29, 0.717) is 28.4 Å². The summed E-state index contributed by atoms with van der Waals surface area (Å²) in [6, 6.07) is 6.20. The Kier molecular flexibility index (Phi) is 5.69. The van der Waals surface area contributed by atoms with E-state index in [1.165, 1.54) is 17.7 Å². The van der Waals surface area contributed by atoms with Crippen molar-refractivity contribution < 1.29 is 15.3 Å². The average Bonchev–Trinajstić information content (AvgIpc) is 2.65. The molecule has 2 aromatic carbocycles. The molecule has 1 aromatic heterocycles. The largest absolute Gasteiger partial charge is 0.507 e. The van der Waals surface area contributed by atoms with E-state index in [2.05, 4.69) is 19.9 Å². The number of phenolic OH excluding ortho intramolecular Hbond substituents is 3. The first kappa shape index (κ1) is 20.5. The van der Waals surface area contributed by atoms with Crippen LogP contribution in [0.3, 0.4) is 0 Å². The van der Waals surface area contributed by atoms with Gasteiger partial charge in [-0.15, -0.1) is 0 Å². The summed E-state index contributed by atoms with van der Waals surface area (Å²) >= 11 is 0. The van der Waals surface area contributed by atoms with Crippen LogP contribution >= 0.6 is 0 Å². The highest BCUT2D eigenvalue weighted by Gasteiger charge is 2.19. The van der Waals surface area contributed by atoms with Crippen LogP contribution in [0.15, 0.2) is 52.4 Å². The molecule has 0 radical (unpaired) electrons. The number of fused-ring (bicyclic) bond motifs is 2. The van der Waals surface area contributed by atoms with Crippen LogP contribution in [0.1, 0.15) is 39.2 Å². The number of phenols is 3. The van der Waals surface area contributed by atoms with Crippen LogP contribution in [0.25, 0.3) is 21.8 Å². The predicted molar refractivity (Wildman–Crippen MR) is 118 cm³/mol. The number of aryl methyl sites for hydroxylation is 1. The van der Waals surface area contributed by atoms with E-state index in [1.807, 2.05) is 13.0 Å². The maximum atomic E-state index is 13.0. The van der Waals surface area contributed by atoms with Crippen LogP contribution in [0.4, 0.5) is 0 Å². The molecule has 0 amide bonds. The predicted octanol–water partition coefficient (Wildman–Crippen LogP) is 5.04. The highest BCUT2D eigenvalue weighted by atomic mass is 16.3. The van der Waals surface area contributed by atoms with Gasteiger partial charge in [0.25, 0.3) is 0 Å². The molecule has 0 aliphatic carbocycles. The summed E-state index contributed by atoms with van der Waals surface area (Å²) in [4.78, 5) is 13.0. The first-order valence-electron chi connectivity index (χ1n) is 9.69. The second kappa shape index (κ2) is 8.03. The molecule has 152 valence electrons. The summed E-state index contributed by atoms with van der Waals surface area (Å²) in [6.07, 6.45) is 6.31. The number of benzene rings is 2. The van der Waals surface area contributed by atoms with Gasteiger partial charge in [0.1, 0.15) is 17.2 Å². The van der Waals surface area contributed by atoms with Gasteiger partial charge in [0, 0.05) is 18.7 Å². The number of rotatable bonds is 5. The van der Waals surface area contributed by atoms with Gasteiger partial charge in [-0.25, -0.2) is 0 Å². The molecule has 5 nitrogen and oxygen atoms in total. The zero-order chi connectivity index (χ0) is 21.3. The Morgan fingerprint density at radius 3 is 2.48 bits per heavy atom. The van der Waals surface area contributed by atoms with Gasteiger partial charge in [-0.1, -0.05) is 29.4 Å². The van der Waals surface area contributed by atoms with Crippen molar-refractivity contribution in [1.29, 1.82) is 0 Å². The molecule has 0 atom stereocenters. The van der Waals surface area contributed by atoms with Crippen molar-refractivity contribution in [3.05, 3.63) is 63.4 Å². The Balaban J connectivity index is 2.12. The maximum absolute atomic E-state index is 13.0. The summed E-state index contributed by atoms with van der Waals surface area (Å²) in [5, 5.41) is 32.0. The van der Waals surface area contributed by atoms with E-state index in [1.54, 1.807) is 23.7 Å². The zero-order valence-corrected chi connectivity index (χ0v) is 17.3. The van der Waals surface area contributed by atoms with Gasteiger partial charge in [0.2, 0.25) is 5.43 Å². The number of aromatic nitrogens is 1. The second-order valence-corrected chi connectivity index (χ2v) is 7.75. The molecule has 0 saturated heterocycles. The third kappa shape index (κ3) is 3.86. The van der Waals surface area contributed by atoms with Gasteiger partial charge in [-0.2, -0.15) is 0 Å². The number of para-hydroxylation sites is 1. The monoisotopic (exact) mass is 393 g/mol. The lowest BCUT2D eigenvalue weighted by molar-refractivity contribution is 0.444. The fourth-order valence-electron chi connectivity index (χ4n) is 3.66. The standard InChI is InChI=1S/C24H27NO4/c1-14(2)7-5-8-15(3)11-12-16-20(27)13-18-21(23(16)28)24(29)17-9-6-10-19(26)22(17)25(18)4/h6-7,9-11,13,26-28H,5,8,12H2,1-4H3. The first-order chi connectivity index (χ1) is 13.7. The number of allylic oxidation sites excluding steroid dienone is 4. The molecular formula is C24H27NO4. The van der Waals surface area contributed by atoms with Crippen molar-refractivity contribution >= 4 is 21.8 Å². The maximum Gasteiger partial charge on any atom is 0.201 e. The van der Waals surface area contributed by atoms with Crippen LogP contribution in [0, 0.1) is 0 Å². The lowest BCUT2D eigenvalue weighted by atomic mass is 10.0. The van der Waals surface area contributed by atoms with Gasteiger partial charge in [0.15, 0.2) is 0 Å². The van der Waals surface area contributed by atoms with E-state index in [0.717, 1.165) is 18.4 Å². The van der Waals surface area contributed by atoms with E-state index in [-0.39, 0.29) is 28.1 Å². The molecule has 0 unspecified atom stereocenters. The Bertz CT molecular complexity index is 1210. The minimum Gasteiger partial charge on any atom is -0.507 e. The lowest BCUT2D eigenvalue weighted by Crippen LogP contribution is -2.10. The van der Waals surface area contributed by atoms with Gasteiger partial charge in [-0.05, 0) is 52.2 Å². The molecule has 0 saturated carbocycles. The highest BCUT2D eigenvalue weighted by Crippen LogP contribution is 2.37. The number of hydrogen-bond acceptors (Lipinski definition) is 4. The van der Waals surface area contributed by atoms with E-state index in [9.17, 15) is 20.1 Å². The minimum atomic E-state index is -0.369. The third-order valence-corrected chi connectivity index (χ3v) is 5.29. The summed E-state index contributed by atoms with van der Waals surface area (Å²) in [5.41, 5.74) is 3.12. The Labute approximate surface area is 169 Å². The summed E-state index contributed by atoms with van der Waals surface area (Å²) in [6.45, 7) is 6.14. The third-order valence-electron chi connectivity index (χ3n) is 5.29. The van der Waals surface area contributed by atoms with Crippen LogP contribution in [0.5, 0.6) is 17.2 Å². The highest BCUT2D eigenvalue weighted by molar-refractivity contribution is 5.99. The second-order valence-electron chi connectivity index (χ2n) is 7.75. The van der Waals surface area contributed by atoms with Crippen molar-refractivity contribution in [3.63, 3.8) is 0 Å². The molecule has 0 bridgehead atoms.